The van der Waals surface area contributed by atoms with Crippen molar-refractivity contribution in [3.8, 4) is 17.1 Å². The second-order valence-corrected chi connectivity index (χ2v) is 7.66. The standard InChI is InChI=1S/C23H22N4O2/c1-14(2)15-7-3-4-8-16(15)21-24-13-18-22(26-21)27(23(28)25-18)19-11-12-29-20-10-6-5-9-17(19)20/h3-10,13-14,19H,11-12H2,1-2H3,(H,25,28)/t19-/m1/s1. The van der Waals surface area contributed by atoms with E-state index >= 15 is 0 Å². The second-order valence-electron chi connectivity index (χ2n) is 7.66. The fraction of sp³-hybridized carbons (Fsp3) is 0.261. The van der Waals surface area contributed by atoms with Crippen molar-refractivity contribution in [3.05, 3.63) is 76.3 Å². The van der Waals surface area contributed by atoms with Crippen LogP contribution in [0.5, 0.6) is 5.75 Å². The Morgan fingerprint density at radius 2 is 1.93 bits per heavy atom. The van der Waals surface area contributed by atoms with Gasteiger partial charge in [0.25, 0.3) is 0 Å². The number of para-hydroxylation sites is 1. The maximum atomic E-state index is 12.9. The minimum Gasteiger partial charge on any atom is -0.493 e. The molecule has 1 aliphatic heterocycles. The summed E-state index contributed by atoms with van der Waals surface area (Å²) in [5, 5.41) is 0. The fourth-order valence-corrected chi connectivity index (χ4v) is 4.13. The summed E-state index contributed by atoms with van der Waals surface area (Å²) in [4.78, 5) is 25.2. The first-order valence-electron chi connectivity index (χ1n) is 9.92. The molecule has 1 N–H and O–H groups in total. The molecule has 0 amide bonds. The fourth-order valence-electron chi connectivity index (χ4n) is 4.13. The smallest absolute Gasteiger partial charge is 0.328 e. The summed E-state index contributed by atoms with van der Waals surface area (Å²) in [6.45, 7) is 4.88. The largest absolute Gasteiger partial charge is 0.493 e. The maximum Gasteiger partial charge on any atom is 0.328 e. The third-order valence-corrected chi connectivity index (χ3v) is 5.52. The van der Waals surface area contributed by atoms with E-state index in [1.807, 2.05) is 42.5 Å². The molecule has 2 aromatic heterocycles. The number of aromatic nitrogens is 4. The molecule has 0 saturated carbocycles. The van der Waals surface area contributed by atoms with Crippen LogP contribution < -0.4 is 10.4 Å². The van der Waals surface area contributed by atoms with Gasteiger partial charge in [-0.3, -0.25) is 4.57 Å². The summed E-state index contributed by atoms with van der Waals surface area (Å²) < 4.78 is 7.53. The molecule has 1 atom stereocenters. The number of aromatic amines is 1. The summed E-state index contributed by atoms with van der Waals surface area (Å²) in [6, 6.07) is 15.9. The van der Waals surface area contributed by atoms with E-state index in [-0.39, 0.29) is 11.7 Å². The van der Waals surface area contributed by atoms with Crippen LogP contribution in [0.2, 0.25) is 0 Å². The summed E-state index contributed by atoms with van der Waals surface area (Å²) >= 11 is 0. The number of hydrogen-bond acceptors (Lipinski definition) is 4. The van der Waals surface area contributed by atoms with E-state index in [1.54, 1.807) is 10.8 Å². The first-order chi connectivity index (χ1) is 14.1. The highest BCUT2D eigenvalue weighted by Crippen LogP contribution is 2.35. The molecule has 4 aromatic rings. The first kappa shape index (κ1) is 17.7. The number of H-pyrrole nitrogens is 1. The van der Waals surface area contributed by atoms with Crippen LogP contribution in [0.3, 0.4) is 0 Å². The number of imidazole rings is 1. The van der Waals surface area contributed by atoms with Crippen molar-refractivity contribution in [2.45, 2.75) is 32.2 Å². The Kier molecular flexibility index (Phi) is 4.19. The average Bonchev–Trinajstić information content (AvgIpc) is 3.08. The highest BCUT2D eigenvalue weighted by Gasteiger charge is 2.26. The van der Waals surface area contributed by atoms with Gasteiger partial charge >= 0.3 is 5.69 Å². The van der Waals surface area contributed by atoms with Gasteiger partial charge in [0, 0.05) is 17.5 Å². The number of rotatable bonds is 3. The van der Waals surface area contributed by atoms with Gasteiger partial charge < -0.3 is 9.72 Å². The molecule has 6 heteroatoms. The van der Waals surface area contributed by atoms with Gasteiger partial charge in [-0.1, -0.05) is 56.3 Å². The van der Waals surface area contributed by atoms with Gasteiger partial charge in [0.15, 0.2) is 11.5 Å². The van der Waals surface area contributed by atoms with E-state index in [0.29, 0.717) is 35.9 Å². The minimum atomic E-state index is -0.176. The van der Waals surface area contributed by atoms with Crippen molar-refractivity contribution in [1.82, 2.24) is 19.5 Å². The van der Waals surface area contributed by atoms with Crippen LogP contribution in [0, 0.1) is 0 Å². The van der Waals surface area contributed by atoms with Crippen LogP contribution in [0.15, 0.2) is 59.5 Å². The van der Waals surface area contributed by atoms with Crippen molar-refractivity contribution < 1.29 is 4.74 Å². The van der Waals surface area contributed by atoms with Crippen LogP contribution in [0.4, 0.5) is 0 Å². The molecule has 3 heterocycles. The van der Waals surface area contributed by atoms with Crippen molar-refractivity contribution in [2.24, 2.45) is 0 Å². The highest BCUT2D eigenvalue weighted by atomic mass is 16.5. The van der Waals surface area contributed by atoms with Gasteiger partial charge in [-0.2, -0.15) is 0 Å². The topological polar surface area (TPSA) is 72.8 Å². The molecule has 146 valence electrons. The lowest BCUT2D eigenvalue weighted by Crippen LogP contribution is -2.28. The van der Waals surface area contributed by atoms with E-state index in [9.17, 15) is 4.79 Å². The van der Waals surface area contributed by atoms with Crippen LogP contribution in [-0.4, -0.2) is 26.1 Å². The van der Waals surface area contributed by atoms with Crippen LogP contribution in [0.25, 0.3) is 22.6 Å². The first-order valence-corrected chi connectivity index (χ1v) is 9.92. The monoisotopic (exact) mass is 386 g/mol. The number of nitrogens with one attached hydrogen (secondary N) is 1. The molecule has 0 aliphatic carbocycles. The summed E-state index contributed by atoms with van der Waals surface area (Å²) in [6.07, 6.45) is 2.42. The van der Waals surface area contributed by atoms with E-state index in [0.717, 1.165) is 16.9 Å². The molecule has 2 aromatic carbocycles. The molecular formula is C23H22N4O2. The van der Waals surface area contributed by atoms with E-state index in [4.69, 9.17) is 9.72 Å². The van der Waals surface area contributed by atoms with E-state index < -0.39 is 0 Å². The minimum absolute atomic E-state index is 0.121. The highest BCUT2D eigenvalue weighted by molar-refractivity contribution is 5.74. The molecule has 0 saturated heterocycles. The van der Waals surface area contributed by atoms with Gasteiger partial charge in [0.05, 0.1) is 18.8 Å². The Morgan fingerprint density at radius 1 is 1.14 bits per heavy atom. The van der Waals surface area contributed by atoms with Crippen molar-refractivity contribution in [1.29, 1.82) is 0 Å². The van der Waals surface area contributed by atoms with Crippen molar-refractivity contribution in [2.75, 3.05) is 6.61 Å². The van der Waals surface area contributed by atoms with Crippen LogP contribution in [-0.2, 0) is 0 Å². The second kappa shape index (κ2) is 6.88. The molecule has 0 bridgehead atoms. The molecule has 0 unspecified atom stereocenters. The normalized spacial score (nSPS) is 16.0. The van der Waals surface area contributed by atoms with Crippen molar-refractivity contribution in [3.63, 3.8) is 0 Å². The summed E-state index contributed by atoms with van der Waals surface area (Å²) in [7, 11) is 0. The Bertz CT molecular complexity index is 1260. The molecule has 29 heavy (non-hydrogen) atoms. The van der Waals surface area contributed by atoms with Crippen molar-refractivity contribution >= 4 is 11.2 Å². The Balaban J connectivity index is 1.71. The lowest BCUT2D eigenvalue weighted by Gasteiger charge is -2.26. The number of hydrogen-bond donors (Lipinski definition) is 1. The Hall–Kier alpha value is -3.41. The molecule has 1 aliphatic rings. The molecule has 6 nitrogen and oxygen atoms in total. The van der Waals surface area contributed by atoms with Crippen LogP contribution in [0.1, 0.15) is 43.4 Å². The van der Waals surface area contributed by atoms with Crippen LogP contribution >= 0.6 is 0 Å². The average molecular weight is 386 g/mol. The predicted octanol–water partition coefficient (Wildman–Crippen LogP) is 4.28. The zero-order chi connectivity index (χ0) is 20.0. The molecular weight excluding hydrogens is 364 g/mol. The van der Waals surface area contributed by atoms with Gasteiger partial charge in [-0.25, -0.2) is 14.8 Å². The van der Waals surface area contributed by atoms with E-state index in [2.05, 4.69) is 29.9 Å². The maximum absolute atomic E-state index is 12.9. The molecule has 0 radical (unpaired) electrons. The number of ether oxygens (including phenoxy) is 1. The van der Waals surface area contributed by atoms with E-state index in [1.165, 1.54) is 5.56 Å². The van der Waals surface area contributed by atoms with Gasteiger partial charge in [-0.05, 0) is 17.5 Å². The SMILES string of the molecule is CC(C)c1ccccc1-c1ncc2[nH]c(=O)n([C@@H]3CCOc4ccccc43)c2n1. The number of fused-ring (bicyclic) bond motifs is 2. The lowest BCUT2D eigenvalue weighted by atomic mass is 9.97. The predicted molar refractivity (Wildman–Crippen MR) is 112 cm³/mol. The zero-order valence-corrected chi connectivity index (χ0v) is 16.4. The lowest BCUT2D eigenvalue weighted by molar-refractivity contribution is 0.256. The van der Waals surface area contributed by atoms with Gasteiger partial charge in [0.1, 0.15) is 11.3 Å². The quantitative estimate of drug-likeness (QED) is 0.570. The number of benzene rings is 2. The summed E-state index contributed by atoms with van der Waals surface area (Å²) in [5.74, 6) is 1.81. The summed E-state index contributed by atoms with van der Waals surface area (Å²) in [5.41, 5.74) is 4.28. The third kappa shape index (κ3) is 2.92. The Morgan fingerprint density at radius 3 is 2.79 bits per heavy atom. The van der Waals surface area contributed by atoms with Gasteiger partial charge in [0.2, 0.25) is 0 Å². The zero-order valence-electron chi connectivity index (χ0n) is 16.4. The Labute approximate surface area is 168 Å². The number of nitrogens with zero attached hydrogens (tertiary/aromatic N) is 3. The molecule has 0 spiro atoms. The van der Waals surface area contributed by atoms with Gasteiger partial charge in [-0.15, -0.1) is 0 Å². The molecule has 0 fully saturated rings. The molecule has 5 rings (SSSR count). The third-order valence-electron chi connectivity index (χ3n) is 5.52.